The van der Waals surface area contributed by atoms with Gasteiger partial charge in [-0.2, -0.15) is 0 Å². The topological polar surface area (TPSA) is 22.1 Å². The van der Waals surface area contributed by atoms with Gasteiger partial charge in [0.2, 0.25) is 0 Å². The first-order valence-corrected chi connectivity index (χ1v) is 7.56. The normalized spacial score (nSPS) is 10.2. The number of benzene rings is 2. The Morgan fingerprint density at radius 3 is 2.15 bits per heavy atom. The lowest BCUT2D eigenvalue weighted by molar-refractivity contribution is -0.00667. The molecular formula is C19H13F6NO. The van der Waals surface area contributed by atoms with Gasteiger partial charge in [-0.05, 0) is 36.8 Å². The second-order valence-corrected chi connectivity index (χ2v) is 5.44. The molecule has 3 aromatic rings. The SMILES string of the molecule is Cc1cnc(-c2ccc(CF)c(F)c2)c(F)c1.FOc1ccc(F)c(F)c1. The standard InChI is InChI=1S/C13H10F3N.C6H3F3O/c1-8-4-12(16)13(17-7-8)9-2-3-10(6-14)11(15)5-9;7-5-2-1-4(10-9)3-6(5)8/h2-5,7H,6H2,1H3;1-3H. The highest BCUT2D eigenvalue weighted by atomic mass is 19.3. The number of aryl methyl sites for hydroxylation is 1. The number of hydrogen-bond donors (Lipinski definition) is 0. The molecule has 0 aliphatic heterocycles. The first-order valence-electron chi connectivity index (χ1n) is 7.56. The molecule has 27 heavy (non-hydrogen) atoms. The van der Waals surface area contributed by atoms with E-state index in [1.165, 1.54) is 24.4 Å². The number of rotatable bonds is 3. The van der Waals surface area contributed by atoms with Crippen LogP contribution in [0.5, 0.6) is 5.75 Å². The van der Waals surface area contributed by atoms with E-state index >= 15 is 0 Å². The first-order chi connectivity index (χ1) is 12.8. The molecule has 0 atom stereocenters. The number of aromatic nitrogens is 1. The quantitative estimate of drug-likeness (QED) is 0.514. The van der Waals surface area contributed by atoms with Crippen molar-refractivity contribution < 1.29 is 31.4 Å². The lowest BCUT2D eigenvalue weighted by atomic mass is 10.1. The number of alkyl halides is 1. The third-order valence-electron chi connectivity index (χ3n) is 3.43. The molecule has 0 spiro atoms. The van der Waals surface area contributed by atoms with Gasteiger partial charge in [0.15, 0.2) is 17.4 Å². The average molecular weight is 385 g/mol. The molecule has 2 nitrogen and oxygen atoms in total. The third-order valence-corrected chi connectivity index (χ3v) is 3.43. The van der Waals surface area contributed by atoms with Crippen LogP contribution in [-0.2, 0) is 6.67 Å². The first kappa shape index (κ1) is 20.3. The average Bonchev–Trinajstić information content (AvgIpc) is 2.64. The Labute approximate surface area is 151 Å². The van der Waals surface area contributed by atoms with Crippen molar-refractivity contribution in [1.82, 2.24) is 4.98 Å². The van der Waals surface area contributed by atoms with E-state index in [4.69, 9.17) is 0 Å². The Kier molecular flexibility index (Phi) is 6.81. The van der Waals surface area contributed by atoms with Gasteiger partial charge < -0.3 is 0 Å². The van der Waals surface area contributed by atoms with E-state index in [0.29, 0.717) is 17.2 Å². The minimum absolute atomic E-state index is 0.0405. The maximum atomic E-state index is 13.6. The zero-order chi connectivity index (χ0) is 20.0. The van der Waals surface area contributed by atoms with Crippen molar-refractivity contribution in [3.05, 3.63) is 83.1 Å². The van der Waals surface area contributed by atoms with Crippen molar-refractivity contribution in [2.45, 2.75) is 13.6 Å². The number of hydrogen-bond acceptors (Lipinski definition) is 2. The van der Waals surface area contributed by atoms with E-state index in [2.05, 4.69) is 9.93 Å². The maximum absolute atomic E-state index is 13.6. The van der Waals surface area contributed by atoms with Crippen LogP contribution < -0.4 is 4.94 Å². The Hall–Kier alpha value is -3.03. The zero-order valence-electron chi connectivity index (χ0n) is 13.9. The van der Waals surface area contributed by atoms with Gasteiger partial charge in [-0.1, -0.05) is 12.1 Å². The third kappa shape index (κ3) is 5.22. The highest BCUT2D eigenvalue weighted by Gasteiger charge is 2.10. The van der Waals surface area contributed by atoms with Gasteiger partial charge in [0.25, 0.3) is 0 Å². The number of halogens is 6. The largest absolute Gasteiger partial charge is 0.294 e. The molecule has 0 amide bonds. The summed E-state index contributed by atoms with van der Waals surface area (Å²) in [6.07, 6.45) is 1.50. The minimum Gasteiger partial charge on any atom is -0.294 e. The number of nitrogens with zero attached hydrogens (tertiary/aromatic N) is 1. The fourth-order valence-electron chi connectivity index (χ4n) is 2.07. The van der Waals surface area contributed by atoms with Gasteiger partial charge in [0.1, 0.15) is 24.0 Å². The lowest BCUT2D eigenvalue weighted by Crippen LogP contribution is -1.93. The summed E-state index contributed by atoms with van der Waals surface area (Å²) in [7, 11) is 0. The molecule has 142 valence electrons. The predicted molar refractivity (Wildman–Crippen MR) is 87.2 cm³/mol. The van der Waals surface area contributed by atoms with E-state index < -0.39 is 29.9 Å². The molecule has 1 heterocycles. The summed E-state index contributed by atoms with van der Waals surface area (Å²) < 4.78 is 74.7. The van der Waals surface area contributed by atoms with Crippen LogP contribution >= 0.6 is 0 Å². The highest BCUT2D eigenvalue weighted by molar-refractivity contribution is 5.60. The Morgan fingerprint density at radius 1 is 0.852 bits per heavy atom. The van der Waals surface area contributed by atoms with Crippen LogP contribution in [-0.4, -0.2) is 4.98 Å². The smallest absolute Gasteiger partial charge is 0.175 e. The van der Waals surface area contributed by atoms with Gasteiger partial charge in [0, 0.05) is 27.9 Å². The molecule has 0 unspecified atom stereocenters. The van der Waals surface area contributed by atoms with Crippen LogP contribution in [0.3, 0.4) is 0 Å². The fourth-order valence-corrected chi connectivity index (χ4v) is 2.07. The van der Waals surface area contributed by atoms with Crippen molar-refractivity contribution in [3.8, 4) is 17.0 Å². The summed E-state index contributed by atoms with van der Waals surface area (Å²) in [4.78, 5) is 7.05. The van der Waals surface area contributed by atoms with Crippen LogP contribution in [0, 0.1) is 30.2 Å². The molecule has 2 aromatic carbocycles. The van der Waals surface area contributed by atoms with E-state index in [1.54, 1.807) is 6.92 Å². The second-order valence-electron chi connectivity index (χ2n) is 5.44. The second kappa shape index (κ2) is 9.07. The summed E-state index contributed by atoms with van der Waals surface area (Å²) in [5.41, 5.74) is 1.02. The van der Waals surface area contributed by atoms with E-state index in [0.717, 1.165) is 18.2 Å². The van der Waals surface area contributed by atoms with Crippen molar-refractivity contribution in [2.75, 3.05) is 0 Å². The summed E-state index contributed by atoms with van der Waals surface area (Å²) in [6, 6.07) is 7.56. The van der Waals surface area contributed by atoms with Crippen molar-refractivity contribution in [3.63, 3.8) is 0 Å². The van der Waals surface area contributed by atoms with Crippen LogP contribution in [0.1, 0.15) is 11.1 Å². The molecule has 0 saturated heterocycles. The van der Waals surface area contributed by atoms with Gasteiger partial charge >= 0.3 is 0 Å². The fraction of sp³-hybridized carbons (Fsp3) is 0.105. The van der Waals surface area contributed by atoms with Crippen LogP contribution in [0.15, 0.2) is 48.7 Å². The lowest BCUT2D eigenvalue weighted by Gasteiger charge is -2.05. The van der Waals surface area contributed by atoms with Gasteiger partial charge in [-0.15, -0.1) is 0 Å². The zero-order valence-corrected chi connectivity index (χ0v) is 13.9. The summed E-state index contributed by atoms with van der Waals surface area (Å²) >= 11 is 0. The van der Waals surface area contributed by atoms with E-state index in [-0.39, 0.29) is 17.0 Å². The Balaban J connectivity index is 0.000000223. The molecular weight excluding hydrogens is 372 g/mol. The maximum Gasteiger partial charge on any atom is 0.175 e. The summed E-state index contributed by atoms with van der Waals surface area (Å²) in [5.74, 6) is -3.71. The predicted octanol–water partition coefficient (Wildman–Crippen LogP) is 6.03. The Morgan fingerprint density at radius 2 is 1.59 bits per heavy atom. The van der Waals surface area contributed by atoms with E-state index in [1.807, 2.05) is 0 Å². The highest BCUT2D eigenvalue weighted by Crippen LogP contribution is 2.23. The minimum atomic E-state index is -1.13. The van der Waals surface area contributed by atoms with Gasteiger partial charge in [0.05, 0.1) is 0 Å². The van der Waals surface area contributed by atoms with Crippen molar-refractivity contribution in [2.24, 2.45) is 0 Å². The molecule has 3 rings (SSSR count). The molecule has 1 aromatic heterocycles. The molecule has 0 fully saturated rings. The molecule has 0 saturated carbocycles. The van der Waals surface area contributed by atoms with Gasteiger partial charge in [-0.25, -0.2) is 22.0 Å². The van der Waals surface area contributed by atoms with Crippen molar-refractivity contribution >= 4 is 0 Å². The molecule has 8 heteroatoms. The van der Waals surface area contributed by atoms with Gasteiger partial charge in [-0.3, -0.25) is 9.93 Å². The molecule has 0 N–H and O–H groups in total. The Bertz CT molecular complexity index is 932. The van der Waals surface area contributed by atoms with Crippen LogP contribution in [0.2, 0.25) is 0 Å². The van der Waals surface area contributed by atoms with Crippen LogP contribution in [0.25, 0.3) is 11.3 Å². The molecule has 0 aliphatic carbocycles. The van der Waals surface area contributed by atoms with E-state index in [9.17, 15) is 26.5 Å². The van der Waals surface area contributed by atoms with Crippen molar-refractivity contribution in [1.29, 1.82) is 0 Å². The molecule has 0 bridgehead atoms. The summed E-state index contributed by atoms with van der Waals surface area (Å²) in [6.45, 7) is 0.836. The summed E-state index contributed by atoms with van der Waals surface area (Å²) in [5, 5.41) is 0. The van der Waals surface area contributed by atoms with Crippen LogP contribution in [0.4, 0.5) is 26.5 Å². The molecule has 0 radical (unpaired) electrons. The monoisotopic (exact) mass is 385 g/mol. The number of pyridine rings is 1. The molecule has 0 aliphatic rings.